The highest BCUT2D eigenvalue weighted by Crippen LogP contribution is 2.19. The second-order valence-corrected chi connectivity index (χ2v) is 7.61. The van der Waals surface area contributed by atoms with Gasteiger partial charge in [-0.2, -0.15) is 0 Å². The Balaban J connectivity index is 1.74. The molecule has 24 heavy (non-hydrogen) atoms. The van der Waals surface area contributed by atoms with E-state index in [9.17, 15) is 14.4 Å². The number of rotatable bonds is 2. The van der Waals surface area contributed by atoms with E-state index in [4.69, 9.17) is 4.74 Å². The fourth-order valence-electron chi connectivity index (χ4n) is 2.34. The normalized spacial score (nSPS) is 15.7. The molecule has 1 aliphatic heterocycles. The minimum Gasteiger partial charge on any atom is -0.444 e. The van der Waals surface area contributed by atoms with Crippen LogP contribution in [-0.2, 0) is 9.53 Å². The van der Waals surface area contributed by atoms with Gasteiger partial charge in [0, 0.05) is 19.0 Å². The zero-order valence-corrected chi connectivity index (χ0v) is 14.9. The predicted molar refractivity (Wildman–Crippen MR) is 90.5 cm³/mol. The summed E-state index contributed by atoms with van der Waals surface area (Å²) in [5, 5.41) is 1.79. The number of hydrazine groups is 1. The van der Waals surface area contributed by atoms with Crippen LogP contribution in [-0.4, -0.2) is 41.5 Å². The molecule has 8 heteroatoms. The van der Waals surface area contributed by atoms with Gasteiger partial charge in [-0.15, -0.1) is 11.3 Å². The maximum Gasteiger partial charge on any atom is 0.410 e. The minimum absolute atomic E-state index is 0.229. The maximum atomic E-state index is 12.1. The average molecular weight is 353 g/mol. The highest BCUT2D eigenvalue weighted by atomic mass is 32.1. The molecule has 0 aromatic carbocycles. The largest absolute Gasteiger partial charge is 0.444 e. The zero-order valence-electron chi connectivity index (χ0n) is 14.1. The van der Waals surface area contributed by atoms with Crippen molar-refractivity contribution < 1.29 is 19.1 Å². The van der Waals surface area contributed by atoms with Crippen LogP contribution in [0.3, 0.4) is 0 Å². The summed E-state index contributed by atoms with van der Waals surface area (Å²) < 4.78 is 5.32. The van der Waals surface area contributed by atoms with Crippen LogP contribution in [0.1, 0.15) is 43.3 Å². The molecule has 0 radical (unpaired) electrons. The number of carbonyl (C=O) groups excluding carboxylic acids is 3. The summed E-state index contributed by atoms with van der Waals surface area (Å²) in [6.45, 7) is 6.39. The van der Waals surface area contributed by atoms with Crippen LogP contribution in [0.25, 0.3) is 0 Å². The van der Waals surface area contributed by atoms with E-state index in [2.05, 4.69) is 10.9 Å². The van der Waals surface area contributed by atoms with Gasteiger partial charge in [-0.3, -0.25) is 20.4 Å². The summed E-state index contributed by atoms with van der Waals surface area (Å²) in [6, 6.07) is 3.46. The monoisotopic (exact) mass is 353 g/mol. The predicted octanol–water partition coefficient (Wildman–Crippen LogP) is 2.16. The van der Waals surface area contributed by atoms with Gasteiger partial charge in [0.05, 0.1) is 4.88 Å². The molecule has 1 aromatic rings. The molecule has 1 fully saturated rings. The van der Waals surface area contributed by atoms with Crippen molar-refractivity contribution in [2.75, 3.05) is 13.1 Å². The van der Waals surface area contributed by atoms with Crippen molar-refractivity contribution in [1.82, 2.24) is 15.8 Å². The lowest BCUT2D eigenvalue weighted by Crippen LogP contribution is -2.48. The van der Waals surface area contributed by atoms with Crippen LogP contribution < -0.4 is 10.9 Å². The molecule has 1 saturated heterocycles. The number of nitrogens with zero attached hydrogens (tertiary/aromatic N) is 1. The smallest absolute Gasteiger partial charge is 0.410 e. The molecule has 0 aliphatic carbocycles. The lowest BCUT2D eigenvalue weighted by molar-refractivity contribution is -0.127. The Hall–Kier alpha value is -2.09. The van der Waals surface area contributed by atoms with Gasteiger partial charge in [-0.05, 0) is 45.1 Å². The van der Waals surface area contributed by atoms with Crippen LogP contribution in [0.4, 0.5) is 4.79 Å². The Bertz CT molecular complexity index is 587. The summed E-state index contributed by atoms with van der Waals surface area (Å²) in [7, 11) is 0. The molecule has 0 atom stereocenters. The SMILES string of the molecule is CC(C)(C)OC(=O)N1CCC(C(=O)NNC(=O)c2cccs2)CC1. The van der Waals surface area contributed by atoms with Crippen molar-refractivity contribution in [3.63, 3.8) is 0 Å². The number of ether oxygens (including phenoxy) is 1. The van der Waals surface area contributed by atoms with Gasteiger partial charge in [-0.25, -0.2) is 4.79 Å². The molecule has 0 unspecified atom stereocenters. The van der Waals surface area contributed by atoms with Crippen molar-refractivity contribution in [2.45, 2.75) is 39.2 Å². The first-order valence-corrected chi connectivity index (χ1v) is 8.76. The minimum atomic E-state index is -0.530. The molecule has 3 amide bonds. The second kappa shape index (κ2) is 7.65. The highest BCUT2D eigenvalue weighted by molar-refractivity contribution is 7.12. The van der Waals surface area contributed by atoms with Crippen molar-refractivity contribution >= 4 is 29.2 Å². The standard InChI is InChI=1S/C16H23N3O4S/c1-16(2,3)23-15(22)19-8-6-11(7-9-19)13(20)17-18-14(21)12-5-4-10-24-12/h4-5,10-11H,6-9H2,1-3H3,(H,17,20)(H,18,21). The van der Waals surface area contributed by atoms with E-state index in [1.807, 2.05) is 20.8 Å². The molecule has 0 bridgehead atoms. The van der Waals surface area contributed by atoms with E-state index in [1.54, 1.807) is 22.4 Å². The van der Waals surface area contributed by atoms with Crippen LogP contribution >= 0.6 is 11.3 Å². The Kier molecular flexibility index (Phi) is 5.82. The summed E-state index contributed by atoms with van der Waals surface area (Å²) in [4.78, 5) is 38.0. The third kappa shape index (κ3) is 5.23. The highest BCUT2D eigenvalue weighted by Gasteiger charge is 2.30. The summed E-state index contributed by atoms with van der Waals surface area (Å²) in [6.07, 6.45) is 0.729. The number of hydrogen-bond donors (Lipinski definition) is 2. The number of hydrogen-bond acceptors (Lipinski definition) is 5. The third-order valence-corrected chi connectivity index (χ3v) is 4.43. The van der Waals surface area contributed by atoms with Gasteiger partial charge in [0.1, 0.15) is 5.60 Å². The molecule has 0 saturated carbocycles. The number of piperidine rings is 1. The van der Waals surface area contributed by atoms with Crippen molar-refractivity contribution in [1.29, 1.82) is 0 Å². The van der Waals surface area contributed by atoms with E-state index in [-0.39, 0.29) is 23.8 Å². The van der Waals surface area contributed by atoms with Crippen LogP contribution in [0.5, 0.6) is 0 Å². The molecule has 7 nitrogen and oxygen atoms in total. The van der Waals surface area contributed by atoms with Crippen LogP contribution in [0.15, 0.2) is 17.5 Å². The molecule has 1 aromatic heterocycles. The molecule has 1 aliphatic rings. The Morgan fingerprint density at radius 3 is 2.42 bits per heavy atom. The Morgan fingerprint density at radius 1 is 1.21 bits per heavy atom. The summed E-state index contributed by atoms with van der Waals surface area (Å²) in [5.41, 5.74) is 4.34. The van der Waals surface area contributed by atoms with E-state index in [1.165, 1.54) is 11.3 Å². The fourth-order valence-corrected chi connectivity index (χ4v) is 2.96. The lowest BCUT2D eigenvalue weighted by atomic mass is 9.96. The third-order valence-electron chi connectivity index (χ3n) is 3.56. The van der Waals surface area contributed by atoms with Gasteiger partial charge >= 0.3 is 6.09 Å². The van der Waals surface area contributed by atoms with E-state index >= 15 is 0 Å². The quantitative estimate of drug-likeness (QED) is 0.798. The fraction of sp³-hybridized carbons (Fsp3) is 0.562. The summed E-state index contributed by atoms with van der Waals surface area (Å²) in [5.74, 6) is -0.791. The van der Waals surface area contributed by atoms with Crippen LogP contribution in [0.2, 0.25) is 0 Å². The Labute approximate surface area is 145 Å². The average Bonchev–Trinajstić information content (AvgIpc) is 3.05. The van der Waals surface area contributed by atoms with Crippen LogP contribution in [0, 0.1) is 5.92 Å². The molecular weight excluding hydrogens is 330 g/mol. The topological polar surface area (TPSA) is 87.7 Å². The van der Waals surface area contributed by atoms with Gasteiger partial charge in [-0.1, -0.05) is 6.07 Å². The molecule has 2 N–H and O–H groups in total. The number of amides is 3. The van der Waals surface area contributed by atoms with Gasteiger partial charge < -0.3 is 9.64 Å². The number of nitrogens with one attached hydrogen (secondary N) is 2. The number of thiophene rings is 1. The zero-order chi connectivity index (χ0) is 17.7. The number of carbonyl (C=O) groups is 3. The number of likely N-dealkylation sites (tertiary alicyclic amines) is 1. The van der Waals surface area contributed by atoms with E-state index in [0.29, 0.717) is 30.8 Å². The van der Waals surface area contributed by atoms with Gasteiger partial charge in [0.15, 0.2) is 0 Å². The molecular formula is C16H23N3O4S. The first-order chi connectivity index (χ1) is 11.3. The van der Waals surface area contributed by atoms with Crippen molar-refractivity contribution in [2.24, 2.45) is 5.92 Å². The molecule has 0 spiro atoms. The maximum absolute atomic E-state index is 12.1. The van der Waals surface area contributed by atoms with E-state index in [0.717, 1.165) is 0 Å². The first kappa shape index (κ1) is 18.3. The van der Waals surface area contributed by atoms with E-state index < -0.39 is 5.60 Å². The van der Waals surface area contributed by atoms with Crippen molar-refractivity contribution in [3.8, 4) is 0 Å². The molecule has 132 valence electrons. The Morgan fingerprint density at radius 2 is 1.88 bits per heavy atom. The van der Waals surface area contributed by atoms with Gasteiger partial charge in [0.2, 0.25) is 5.91 Å². The second-order valence-electron chi connectivity index (χ2n) is 6.66. The van der Waals surface area contributed by atoms with Gasteiger partial charge in [0.25, 0.3) is 5.91 Å². The first-order valence-electron chi connectivity index (χ1n) is 7.88. The summed E-state index contributed by atoms with van der Waals surface area (Å²) >= 11 is 1.30. The molecule has 2 heterocycles. The lowest BCUT2D eigenvalue weighted by Gasteiger charge is -2.32. The molecule has 2 rings (SSSR count). The van der Waals surface area contributed by atoms with Crippen molar-refractivity contribution in [3.05, 3.63) is 22.4 Å².